The smallest absolute Gasteiger partial charge is 0.170 e. The second kappa shape index (κ2) is 5.71. The van der Waals surface area contributed by atoms with Crippen LogP contribution in [0.5, 0.6) is 0 Å². The summed E-state index contributed by atoms with van der Waals surface area (Å²) in [4.78, 5) is 0. The van der Waals surface area contributed by atoms with Gasteiger partial charge in [0.1, 0.15) is 0 Å². The lowest BCUT2D eigenvalue weighted by Crippen LogP contribution is -2.38. The van der Waals surface area contributed by atoms with Gasteiger partial charge in [-0.3, -0.25) is 4.68 Å². The van der Waals surface area contributed by atoms with Crippen LogP contribution in [0, 0.1) is 0 Å². The summed E-state index contributed by atoms with van der Waals surface area (Å²) in [6, 6.07) is 5.59. The fourth-order valence-corrected chi connectivity index (χ4v) is 2.46. The lowest BCUT2D eigenvalue weighted by atomic mass is 10.1. The van der Waals surface area contributed by atoms with Gasteiger partial charge in [-0.1, -0.05) is 5.16 Å². The number of aryl methyl sites for hydroxylation is 1. The van der Waals surface area contributed by atoms with Crippen molar-refractivity contribution in [3.05, 3.63) is 30.0 Å². The van der Waals surface area contributed by atoms with Crippen LogP contribution in [0.2, 0.25) is 0 Å². The van der Waals surface area contributed by atoms with Gasteiger partial charge in [-0.15, -0.1) is 0 Å². The summed E-state index contributed by atoms with van der Waals surface area (Å²) < 4.78 is 12.7. The van der Waals surface area contributed by atoms with Crippen LogP contribution in [0.15, 0.2) is 29.6 Å². The molecule has 0 atom stereocenters. The Kier molecular flexibility index (Phi) is 3.76. The first kappa shape index (κ1) is 13.8. The Morgan fingerprint density at radius 1 is 1.48 bits per heavy atom. The number of amidine groups is 1. The summed E-state index contributed by atoms with van der Waals surface area (Å²) in [7, 11) is 0. The summed E-state index contributed by atoms with van der Waals surface area (Å²) in [5, 5.41) is 17.0. The molecule has 2 heterocycles. The quantitative estimate of drug-likeness (QED) is 0.378. The first-order chi connectivity index (χ1) is 10.2. The molecule has 1 fully saturated rings. The Balaban J connectivity index is 1.66. The zero-order valence-electron chi connectivity index (χ0n) is 11.8. The lowest BCUT2D eigenvalue weighted by Gasteiger charge is -2.33. The minimum atomic E-state index is -0.0750. The number of rotatable bonds is 5. The number of aromatic nitrogens is 2. The Labute approximate surface area is 121 Å². The molecule has 112 valence electrons. The molecule has 3 N–H and O–H groups in total. The van der Waals surface area contributed by atoms with E-state index in [1.165, 1.54) is 0 Å². The summed E-state index contributed by atoms with van der Waals surface area (Å²) in [6.45, 7) is 2.68. The molecule has 21 heavy (non-hydrogen) atoms. The normalized spacial score (nSPS) is 22.4. The van der Waals surface area contributed by atoms with Crippen molar-refractivity contribution in [3.8, 4) is 0 Å². The minimum Gasteiger partial charge on any atom is -0.409 e. The number of nitrogens with zero attached hydrogens (tertiary/aromatic N) is 3. The highest BCUT2D eigenvalue weighted by atomic mass is 16.9. The van der Waals surface area contributed by atoms with E-state index in [9.17, 15) is 0 Å². The van der Waals surface area contributed by atoms with Crippen molar-refractivity contribution >= 4 is 16.7 Å². The summed E-state index contributed by atoms with van der Waals surface area (Å²) in [6.07, 6.45) is 3.41. The van der Waals surface area contributed by atoms with E-state index >= 15 is 0 Å². The van der Waals surface area contributed by atoms with Gasteiger partial charge in [0.25, 0.3) is 0 Å². The number of nitrogens with two attached hydrogens (primary N) is 1. The number of hydrogen-bond acceptors (Lipinski definition) is 5. The molecular formula is C14H18N4O3. The van der Waals surface area contributed by atoms with Crippen LogP contribution in [0.1, 0.15) is 25.3 Å². The zero-order chi connectivity index (χ0) is 14.8. The van der Waals surface area contributed by atoms with Crippen LogP contribution in [-0.4, -0.2) is 33.4 Å². The van der Waals surface area contributed by atoms with Crippen molar-refractivity contribution < 1.29 is 14.7 Å². The van der Waals surface area contributed by atoms with Gasteiger partial charge < -0.3 is 20.4 Å². The highest BCUT2D eigenvalue weighted by Crippen LogP contribution is 2.21. The molecule has 7 nitrogen and oxygen atoms in total. The maximum Gasteiger partial charge on any atom is 0.170 e. The molecule has 1 aliphatic heterocycles. The van der Waals surface area contributed by atoms with Gasteiger partial charge in [-0.2, -0.15) is 5.10 Å². The van der Waals surface area contributed by atoms with Gasteiger partial charge in [0.15, 0.2) is 18.4 Å². The van der Waals surface area contributed by atoms with Crippen LogP contribution in [-0.2, 0) is 16.0 Å². The van der Waals surface area contributed by atoms with Gasteiger partial charge >= 0.3 is 0 Å². The van der Waals surface area contributed by atoms with Crippen molar-refractivity contribution in [1.82, 2.24) is 9.78 Å². The molecule has 2 aromatic rings. The molecule has 1 aliphatic rings. The third-order valence-corrected chi connectivity index (χ3v) is 3.54. The lowest BCUT2D eigenvalue weighted by molar-refractivity contribution is -0.377. The maximum atomic E-state index is 8.70. The van der Waals surface area contributed by atoms with Crippen LogP contribution in [0.25, 0.3) is 10.9 Å². The SMILES string of the molecule is CC1OC(CCCn2ncc3cc(/C(N)=N/O)ccc32)O1. The Hall–Kier alpha value is -2.12. The number of fused-ring (bicyclic) bond motifs is 1. The topological polar surface area (TPSA) is 94.9 Å². The highest BCUT2D eigenvalue weighted by Gasteiger charge is 2.25. The summed E-state index contributed by atoms with van der Waals surface area (Å²) >= 11 is 0. The Bertz CT molecular complexity index is 661. The first-order valence-electron chi connectivity index (χ1n) is 6.92. The van der Waals surface area contributed by atoms with Gasteiger partial charge in [-0.25, -0.2) is 0 Å². The van der Waals surface area contributed by atoms with E-state index in [0.29, 0.717) is 5.56 Å². The molecule has 0 radical (unpaired) electrons. The van der Waals surface area contributed by atoms with Crippen LogP contribution in [0.3, 0.4) is 0 Å². The van der Waals surface area contributed by atoms with Gasteiger partial charge in [0.2, 0.25) is 0 Å². The van der Waals surface area contributed by atoms with E-state index in [1.54, 1.807) is 6.20 Å². The van der Waals surface area contributed by atoms with E-state index < -0.39 is 0 Å². The molecule has 0 saturated carbocycles. The number of benzene rings is 1. The summed E-state index contributed by atoms with van der Waals surface area (Å²) in [5.74, 6) is 0.0954. The summed E-state index contributed by atoms with van der Waals surface area (Å²) in [5.41, 5.74) is 7.28. The molecule has 0 spiro atoms. The van der Waals surface area contributed by atoms with Crippen molar-refractivity contribution in [2.75, 3.05) is 0 Å². The van der Waals surface area contributed by atoms with Gasteiger partial charge in [-0.05, 0) is 31.5 Å². The molecule has 0 unspecified atom stereocenters. The molecule has 0 aliphatic carbocycles. The number of ether oxygens (including phenoxy) is 2. The predicted octanol–water partition coefficient (Wildman–Crippen LogP) is 1.63. The third kappa shape index (κ3) is 2.84. The van der Waals surface area contributed by atoms with E-state index in [2.05, 4.69) is 10.3 Å². The minimum absolute atomic E-state index is 0.0717. The fraction of sp³-hybridized carbons (Fsp3) is 0.429. The van der Waals surface area contributed by atoms with Crippen molar-refractivity contribution in [2.45, 2.75) is 38.9 Å². The first-order valence-corrected chi connectivity index (χ1v) is 6.92. The van der Waals surface area contributed by atoms with Crippen molar-refractivity contribution in [1.29, 1.82) is 0 Å². The molecular weight excluding hydrogens is 272 g/mol. The second-order valence-corrected chi connectivity index (χ2v) is 5.04. The van der Waals surface area contributed by atoms with E-state index in [-0.39, 0.29) is 18.4 Å². The fourth-order valence-electron chi connectivity index (χ4n) is 2.46. The zero-order valence-corrected chi connectivity index (χ0v) is 11.8. The second-order valence-electron chi connectivity index (χ2n) is 5.04. The Morgan fingerprint density at radius 2 is 2.29 bits per heavy atom. The van der Waals surface area contributed by atoms with E-state index in [1.807, 2.05) is 29.8 Å². The van der Waals surface area contributed by atoms with Crippen molar-refractivity contribution in [2.24, 2.45) is 10.9 Å². The van der Waals surface area contributed by atoms with Gasteiger partial charge in [0.05, 0.1) is 11.7 Å². The molecule has 0 bridgehead atoms. The van der Waals surface area contributed by atoms with Crippen LogP contribution in [0.4, 0.5) is 0 Å². The molecule has 7 heteroatoms. The van der Waals surface area contributed by atoms with E-state index in [4.69, 9.17) is 20.4 Å². The highest BCUT2D eigenvalue weighted by molar-refractivity contribution is 6.00. The standard InChI is InChI=1S/C14H18N4O3/c1-9-20-13(21-9)3-2-6-18-12-5-4-10(14(15)17-19)7-11(12)8-16-18/h4-5,7-9,13,19H,2-3,6H2,1H3,(H2,15,17). The van der Waals surface area contributed by atoms with Crippen LogP contribution >= 0.6 is 0 Å². The molecule has 1 saturated heterocycles. The van der Waals surface area contributed by atoms with Crippen molar-refractivity contribution in [3.63, 3.8) is 0 Å². The molecule has 0 amide bonds. The van der Waals surface area contributed by atoms with Crippen LogP contribution < -0.4 is 5.73 Å². The number of hydrogen-bond donors (Lipinski definition) is 2. The maximum absolute atomic E-state index is 8.70. The molecule has 1 aromatic heterocycles. The van der Waals surface area contributed by atoms with E-state index in [0.717, 1.165) is 30.3 Å². The molecule has 3 rings (SSSR count). The average molecular weight is 290 g/mol. The molecule has 1 aromatic carbocycles. The number of oxime groups is 1. The average Bonchev–Trinajstić information content (AvgIpc) is 2.87. The monoisotopic (exact) mass is 290 g/mol. The largest absolute Gasteiger partial charge is 0.409 e. The Morgan fingerprint density at radius 3 is 3.00 bits per heavy atom. The third-order valence-electron chi connectivity index (χ3n) is 3.54. The predicted molar refractivity (Wildman–Crippen MR) is 76.9 cm³/mol. The van der Waals surface area contributed by atoms with Gasteiger partial charge in [0, 0.05) is 23.9 Å².